The third-order valence-electron chi connectivity index (χ3n) is 2.64. The highest BCUT2D eigenvalue weighted by Crippen LogP contribution is 2.33. The maximum Gasteiger partial charge on any atom is 0.294 e. The number of nitriles is 2. The van der Waals surface area contributed by atoms with Gasteiger partial charge in [-0.15, -0.1) is 0 Å². The number of hydrogen-bond donors (Lipinski definition) is 1. The summed E-state index contributed by atoms with van der Waals surface area (Å²) < 4.78 is 0. The summed E-state index contributed by atoms with van der Waals surface area (Å²) in [4.78, 5) is 12.2. The Kier molecular flexibility index (Phi) is 5.29. The van der Waals surface area contributed by atoms with Crippen LogP contribution in [0.5, 0.6) is 0 Å². The second-order valence-corrected chi connectivity index (χ2v) is 5.29. The average molecular weight is 323 g/mol. The first-order chi connectivity index (χ1) is 11.1. The molecule has 0 saturated heterocycles. The van der Waals surface area contributed by atoms with Crippen molar-refractivity contribution in [1.82, 2.24) is 0 Å². The summed E-state index contributed by atoms with van der Waals surface area (Å²) in [6.45, 7) is 0. The van der Waals surface area contributed by atoms with Gasteiger partial charge in [0, 0.05) is 15.9 Å². The molecule has 0 aromatic heterocycles. The zero-order chi connectivity index (χ0) is 16.7. The van der Waals surface area contributed by atoms with E-state index in [1.165, 1.54) is 17.8 Å². The lowest BCUT2D eigenvalue weighted by Gasteiger charge is -2.06. The van der Waals surface area contributed by atoms with Crippen molar-refractivity contribution in [1.29, 1.82) is 10.5 Å². The number of nitro groups is 1. The van der Waals surface area contributed by atoms with Crippen LogP contribution in [-0.2, 0) is 0 Å². The zero-order valence-electron chi connectivity index (χ0n) is 11.6. The van der Waals surface area contributed by atoms with Gasteiger partial charge >= 0.3 is 0 Å². The molecule has 0 saturated carbocycles. The van der Waals surface area contributed by atoms with Crippen molar-refractivity contribution in [3.8, 4) is 12.1 Å². The number of rotatable bonds is 5. The lowest BCUT2D eigenvalue weighted by Crippen LogP contribution is -2.00. The number of nitrogens with one attached hydrogen (secondary N) is 1. The normalized spacial score (nSPS) is 9.30. The van der Waals surface area contributed by atoms with Crippen LogP contribution >= 0.6 is 11.8 Å². The lowest BCUT2D eigenvalue weighted by molar-refractivity contribution is -0.384. The standard InChI is InChI=1S/C15H9N5O2S/c16-9-11(10-17)18-19-14-8-13(6-7-15(14)20(21)22)23-12-4-2-1-3-5-12/h1-8,19H. The molecule has 0 unspecified atom stereocenters. The summed E-state index contributed by atoms with van der Waals surface area (Å²) in [5.74, 6) is 0. The van der Waals surface area contributed by atoms with E-state index in [2.05, 4.69) is 10.5 Å². The molecule has 23 heavy (non-hydrogen) atoms. The van der Waals surface area contributed by atoms with E-state index in [9.17, 15) is 10.1 Å². The van der Waals surface area contributed by atoms with Crippen molar-refractivity contribution >= 4 is 28.8 Å². The molecular weight excluding hydrogens is 314 g/mol. The van der Waals surface area contributed by atoms with Gasteiger partial charge in [-0.25, -0.2) is 0 Å². The summed E-state index contributed by atoms with van der Waals surface area (Å²) in [6.07, 6.45) is 0. The molecule has 0 aliphatic rings. The van der Waals surface area contributed by atoms with Crippen LogP contribution in [-0.4, -0.2) is 10.6 Å². The van der Waals surface area contributed by atoms with Gasteiger partial charge in [-0.3, -0.25) is 15.5 Å². The van der Waals surface area contributed by atoms with E-state index in [-0.39, 0.29) is 11.4 Å². The molecule has 112 valence electrons. The fourth-order valence-electron chi connectivity index (χ4n) is 1.64. The molecule has 1 N–H and O–H groups in total. The van der Waals surface area contributed by atoms with Crippen molar-refractivity contribution in [3.63, 3.8) is 0 Å². The minimum Gasteiger partial charge on any atom is -0.270 e. The molecule has 2 aromatic rings. The summed E-state index contributed by atoms with van der Waals surface area (Å²) in [5.41, 5.74) is 1.91. The quantitative estimate of drug-likeness (QED) is 0.511. The van der Waals surface area contributed by atoms with Crippen LogP contribution < -0.4 is 5.43 Å². The van der Waals surface area contributed by atoms with Gasteiger partial charge in [0.1, 0.15) is 17.8 Å². The Morgan fingerprint density at radius 1 is 1.13 bits per heavy atom. The lowest BCUT2D eigenvalue weighted by atomic mass is 10.3. The molecule has 0 bridgehead atoms. The Labute approximate surface area is 136 Å². The molecule has 0 aliphatic heterocycles. The van der Waals surface area contributed by atoms with Gasteiger partial charge < -0.3 is 0 Å². The predicted molar refractivity (Wildman–Crippen MR) is 85.9 cm³/mol. The van der Waals surface area contributed by atoms with E-state index in [1.807, 2.05) is 30.3 Å². The predicted octanol–water partition coefficient (Wildman–Crippen LogP) is 3.56. The molecule has 2 aromatic carbocycles. The highest BCUT2D eigenvalue weighted by molar-refractivity contribution is 7.99. The SMILES string of the molecule is N#CC(C#N)=NNc1cc(Sc2ccccc2)ccc1[N+](=O)[O-]. The van der Waals surface area contributed by atoms with E-state index in [0.717, 1.165) is 9.79 Å². The maximum atomic E-state index is 11.1. The van der Waals surface area contributed by atoms with Gasteiger partial charge in [0.2, 0.25) is 5.71 Å². The van der Waals surface area contributed by atoms with Gasteiger partial charge in [-0.2, -0.15) is 15.6 Å². The first-order valence-corrected chi connectivity index (χ1v) is 7.11. The Bertz CT molecular complexity index is 821. The molecule has 0 radical (unpaired) electrons. The number of benzene rings is 2. The summed E-state index contributed by atoms with van der Waals surface area (Å²) in [7, 11) is 0. The number of nitrogens with zero attached hydrogens (tertiary/aromatic N) is 4. The molecule has 0 aliphatic carbocycles. The summed E-state index contributed by atoms with van der Waals surface area (Å²) >= 11 is 1.43. The Morgan fingerprint density at radius 3 is 2.43 bits per heavy atom. The van der Waals surface area contributed by atoms with Crippen molar-refractivity contribution in [3.05, 3.63) is 58.6 Å². The van der Waals surface area contributed by atoms with E-state index in [1.54, 1.807) is 24.3 Å². The molecule has 0 fully saturated rings. The maximum absolute atomic E-state index is 11.1. The monoisotopic (exact) mass is 323 g/mol. The smallest absolute Gasteiger partial charge is 0.270 e. The van der Waals surface area contributed by atoms with Crippen molar-refractivity contribution in [2.24, 2.45) is 5.10 Å². The molecular formula is C15H9N5O2S. The minimum atomic E-state index is -0.562. The largest absolute Gasteiger partial charge is 0.294 e. The second kappa shape index (κ2) is 7.59. The number of hydrazone groups is 1. The number of anilines is 1. The topological polar surface area (TPSA) is 115 Å². The van der Waals surface area contributed by atoms with Crippen LogP contribution in [0.25, 0.3) is 0 Å². The molecule has 0 spiro atoms. The third kappa shape index (κ3) is 4.30. The summed E-state index contributed by atoms with van der Waals surface area (Å²) in [5, 5.41) is 31.9. The van der Waals surface area contributed by atoms with Crippen LogP contribution in [0.1, 0.15) is 0 Å². The van der Waals surface area contributed by atoms with E-state index in [4.69, 9.17) is 10.5 Å². The number of hydrogen-bond acceptors (Lipinski definition) is 7. The third-order valence-corrected chi connectivity index (χ3v) is 3.64. The van der Waals surface area contributed by atoms with E-state index in [0.29, 0.717) is 0 Å². The van der Waals surface area contributed by atoms with Crippen LogP contribution in [0.3, 0.4) is 0 Å². The first kappa shape index (κ1) is 16.0. The first-order valence-electron chi connectivity index (χ1n) is 6.29. The minimum absolute atomic E-state index is 0.110. The fourth-order valence-corrected chi connectivity index (χ4v) is 2.52. The van der Waals surface area contributed by atoms with Crippen molar-refractivity contribution in [2.45, 2.75) is 9.79 Å². The van der Waals surface area contributed by atoms with Gasteiger partial charge in [-0.1, -0.05) is 30.0 Å². The van der Waals surface area contributed by atoms with Gasteiger partial charge in [0.15, 0.2) is 0 Å². The zero-order valence-corrected chi connectivity index (χ0v) is 12.4. The van der Waals surface area contributed by atoms with E-state index >= 15 is 0 Å². The van der Waals surface area contributed by atoms with Crippen molar-refractivity contribution < 1.29 is 4.92 Å². The Morgan fingerprint density at radius 2 is 1.83 bits per heavy atom. The van der Waals surface area contributed by atoms with E-state index < -0.39 is 10.6 Å². The number of nitro benzene ring substituents is 1. The molecule has 0 atom stereocenters. The highest BCUT2D eigenvalue weighted by Gasteiger charge is 2.14. The van der Waals surface area contributed by atoms with Crippen LogP contribution in [0, 0.1) is 32.8 Å². The molecule has 7 nitrogen and oxygen atoms in total. The van der Waals surface area contributed by atoms with Gasteiger partial charge in [0.05, 0.1) is 4.92 Å². The molecule has 0 amide bonds. The van der Waals surface area contributed by atoms with Crippen LogP contribution in [0.4, 0.5) is 11.4 Å². The Hall–Kier alpha value is -3.36. The molecule has 8 heteroatoms. The van der Waals surface area contributed by atoms with Gasteiger partial charge in [-0.05, 0) is 24.3 Å². The van der Waals surface area contributed by atoms with Crippen LogP contribution in [0.15, 0.2) is 63.4 Å². The average Bonchev–Trinajstić information content (AvgIpc) is 2.56. The summed E-state index contributed by atoms with van der Waals surface area (Å²) in [6, 6.07) is 17.2. The Balaban J connectivity index is 2.33. The molecule has 2 rings (SSSR count). The van der Waals surface area contributed by atoms with Crippen molar-refractivity contribution in [2.75, 3.05) is 5.43 Å². The molecule has 0 heterocycles. The van der Waals surface area contributed by atoms with Gasteiger partial charge in [0.25, 0.3) is 5.69 Å². The highest BCUT2D eigenvalue weighted by atomic mass is 32.2. The van der Waals surface area contributed by atoms with Crippen LogP contribution in [0.2, 0.25) is 0 Å². The second-order valence-electron chi connectivity index (χ2n) is 4.15. The fraction of sp³-hybridized carbons (Fsp3) is 0.